The molecule has 0 aromatic heterocycles. The number of carbonyl (C=O) groups is 2. The van der Waals surface area contributed by atoms with E-state index >= 15 is 0 Å². The summed E-state index contributed by atoms with van der Waals surface area (Å²) in [4.78, 5) is 30.9. The zero-order valence-electron chi connectivity index (χ0n) is 18.6. The van der Waals surface area contributed by atoms with E-state index in [-0.39, 0.29) is 11.7 Å². The molecule has 3 N–H and O–H groups in total. The van der Waals surface area contributed by atoms with E-state index in [9.17, 15) is 9.59 Å². The first-order chi connectivity index (χ1) is 15.6. The zero-order chi connectivity index (χ0) is 22.5. The van der Waals surface area contributed by atoms with Crippen molar-refractivity contribution >= 4 is 29.1 Å². The Morgan fingerprint density at radius 2 is 2.00 bits per heavy atom. The fourth-order valence-corrected chi connectivity index (χ4v) is 5.32. The van der Waals surface area contributed by atoms with Crippen LogP contribution in [0.25, 0.3) is 0 Å². The molecule has 1 aromatic carbocycles. The molecule has 172 valence electrons. The Morgan fingerprint density at radius 1 is 1.25 bits per heavy atom. The SMILES string of the molecule is CCCCNC(=O)C1=CN(Cc2ccc(N3CCOCC3)cc2)C2C(=O)[C@@H](N)CSC2=C1. The third-order valence-electron chi connectivity index (χ3n) is 6.02. The summed E-state index contributed by atoms with van der Waals surface area (Å²) in [7, 11) is 0. The number of hydrogen-bond acceptors (Lipinski definition) is 7. The van der Waals surface area contributed by atoms with Gasteiger partial charge in [-0.05, 0) is 30.2 Å². The fraction of sp³-hybridized carbons (Fsp3) is 0.500. The lowest BCUT2D eigenvalue weighted by Gasteiger charge is -2.39. The average molecular weight is 457 g/mol. The van der Waals surface area contributed by atoms with Crippen molar-refractivity contribution in [1.82, 2.24) is 10.2 Å². The molecule has 4 rings (SSSR count). The van der Waals surface area contributed by atoms with E-state index in [0.717, 1.165) is 49.6 Å². The summed E-state index contributed by atoms with van der Waals surface area (Å²) in [5.74, 6) is 0.468. The second-order valence-electron chi connectivity index (χ2n) is 8.40. The molecule has 3 aliphatic rings. The Morgan fingerprint density at radius 3 is 2.72 bits per heavy atom. The van der Waals surface area contributed by atoms with Crippen LogP contribution in [0.15, 0.2) is 47.0 Å². The standard InChI is InChI=1S/C24H32N4O3S/c1-2-3-8-26-24(30)18-13-21-22(23(29)20(25)16-32-21)28(15-18)14-17-4-6-19(7-5-17)27-9-11-31-12-10-27/h4-7,13,15,20,22H,2-3,8-12,14,16,25H2,1H3,(H,26,30)/t20-,22?/m0/s1. The van der Waals surface area contributed by atoms with Gasteiger partial charge in [-0.2, -0.15) is 0 Å². The van der Waals surface area contributed by atoms with Crippen LogP contribution in [-0.4, -0.2) is 67.3 Å². The van der Waals surface area contributed by atoms with Gasteiger partial charge in [0.25, 0.3) is 5.91 Å². The zero-order valence-corrected chi connectivity index (χ0v) is 19.4. The first-order valence-corrected chi connectivity index (χ1v) is 12.4. The highest BCUT2D eigenvalue weighted by atomic mass is 32.2. The molecule has 0 saturated carbocycles. The Labute approximate surface area is 194 Å². The van der Waals surface area contributed by atoms with E-state index < -0.39 is 12.1 Å². The van der Waals surface area contributed by atoms with Crippen LogP contribution in [0.3, 0.4) is 0 Å². The molecule has 0 aliphatic carbocycles. The third kappa shape index (κ3) is 5.19. The second-order valence-corrected chi connectivity index (χ2v) is 9.49. The molecular formula is C24H32N4O3S. The predicted octanol–water partition coefficient (Wildman–Crippen LogP) is 2.03. The Balaban J connectivity index is 1.52. The molecule has 2 fully saturated rings. The van der Waals surface area contributed by atoms with Crippen LogP contribution in [0.2, 0.25) is 0 Å². The summed E-state index contributed by atoms with van der Waals surface area (Å²) in [6, 6.07) is 7.52. The van der Waals surface area contributed by atoms with Crippen molar-refractivity contribution in [3.63, 3.8) is 0 Å². The van der Waals surface area contributed by atoms with Crippen molar-refractivity contribution in [2.24, 2.45) is 5.73 Å². The summed E-state index contributed by atoms with van der Waals surface area (Å²) in [6.45, 7) is 6.57. The number of morpholine rings is 1. The number of nitrogens with two attached hydrogens (primary N) is 1. The summed E-state index contributed by atoms with van der Waals surface area (Å²) in [5, 5.41) is 2.98. The Kier molecular flexibility index (Phi) is 7.55. The minimum absolute atomic E-state index is 0.0154. The van der Waals surface area contributed by atoms with E-state index in [0.29, 0.717) is 24.4 Å². The summed E-state index contributed by atoms with van der Waals surface area (Å²) < 4.78 is 5.44. The number of thioether (sulfide) groups is 1. The molecule has 1 aromatic rings. The highest BCUT2D eigenvalue weighted by Crippen LogP contribution is 2.36. The predicted molar refractivity (Wildman–Crippen MR) is 128 cm³/mol. The molecule has 2 saturated heterocycles. The van der Waals surface area contributed by atoms with Gasteiger partial charge in [0.1, 0.15) is 6.04 Å². The lowest BCUT2D eigenvalue weighted by Crippen LogP contribution is -2.52. The largest absolute Gasteiger partial charge is 0.378 e. The van der Waals surface area contributed by atoms with Gasteiger partial charge in [0.05, 0.1) is 24.8 Å². The van der Waals surface area contributed by atoms with Crippen molar-refractivity contribution < 1.29 is 14.3 Å². The molecule has 0 spiro atoms. The summed E-state index contributed by atoms with van der Waals surface area (Å²) in [6.07, 6.45) is 5.65. The third-order valence-corrected chi connectivity index (χ3v) is 7.22. The molecule has 32 heavy (non-hydrogen) atoms. The van der Waals surface area contributed by atoms with Crippen LogP contribution < -0.4 is 16.0 Å². The van der Waals surface area contributed by atoms with Crippen molar-refractivity contribution in [3.05, 3.63) is 52.6 Å². The first kappa shape index (κ1) is 22.9. The maximum Gasteiger partial charge on any atom is 0.252 e. The number of nitrogens with one attached hydrogen (secondary N) is 1. The first-order valence-electron chi connectivity index (χ1n) is 11.4. The second kappa shape index (κ2) is 10.6. The van der Waals surface area contributed by atoms with Gasteiger partial charge in [-0.15, -0.1) is 11.8 Å². The van der Waals surface area contributed by atoms with Gasteiger partial charge < -0.3 is 25.6 Å². The highest BCUT2D eigenvalue weighted by molar-refractivity contribution is 8.03. The molecule has 1 amide bonds. The number of amides is 1. The number of ketones is 1. The maximum atomic E-state index is 12.9. The molecule has 1 unspecified atom stereocenters. The minimum atomic E-state index is -0.485. The van der Waals surface area contributed by atoms with Crippen LogP contribution in [0.1, 0.15) is 25.3 Å². The quantitative estimate of drug-likeness (QED) is 0.607. The summed E-state index contributed by atoms with van der Waals surface area (Å²) in [5.41, 5.74) is 8.93. The number of carbonyl (C=O) groups excluding carboxylic acids is 2. The van der Waals surface area contributed by atoms with Crippen LogP contribution in [0, 0.1) is 0 Å². The van der Waals surface area contributed by atoms with Gasteiger partial charge in [0.2, 0.25) is 0 Å². The van der Waals surface area contributed by atoms with Crippen molar-refractivity contribution in [3.8, 4) is 0 Å². The van der Waals surface area contributed by atoms with Crippen molar-refractivity contribution in [2.75, 3.05) is 43.5 Å². The smallest absolute Gasteiger partial charge is 0.252 e. The van der Waals surface area contributed by atoms with Crippen LogP contribution >= 0.6 is 11.8 Å². The van der Waals surface area contributed by atoms with Gasteiger partial charge in [0, 0.05) is 48.7 Å². The van der Waals surface area contributed by atoms with E-state index in [2.05, 4.69) is 41.4 Å². The lowest BCUT2D eigenvalue weighted by molar-refractivity contribution is -0.123. The van der Waals surface area contributed by atoms with E-state index in [1.165, 1.54) is 5.69 Å². The molecule has 8 heteroatoms. The number of benzene rings is 1. The number of Topliss-reactive ketones (excluding diaryl/α,β-unsaturated/α-hetero) is 1. The summed E-state index contributed by atoms with van der Waals surface area (Å²) >= 11 is 1.58. The van der Waals surface area contributed by atoms with Crippen molar-refractivity contribution in [1.29, 1.82) is 0 Å². The molecule has 7 nitrogen and oxygen atoms in total. The molecule has 3 heterocycles. The van der Waals surface area contributed by atoms with E-state index in [1.807, 2.05) is 17.2 Å². The monoisotopic (exact) mass is 456 g/mol. The van der Waals surface area contributed by atoms with Crippen LogP contribution in [0.4, 0.5) is 5.69 Å². The lowest BCUT2D eigenvalue weighted by atomic mass is 9.98. The number of nitrogens with zero attached hydrogens (tertiary/aromatic N) is 2. The number of fused-ring (bicyclic) bond motifs is 1. The van der Waals surface area contributed by atoms with Gasteiger partial charge in [-0.3, -0.25) is 9.59 Å². The Bertz CT molecular complexity index is 893. The molecular weight excluding hydrogens is 424 g/mol. The van der Waals surface area contributed by atoms with Gasteiger partial charge in [0.15, 0.2) is 5.78 Å². The molecule has 2 atom stereocenters. The molecule has 0 bridgehead atoms. The van der Waals surface area contributed by atoms with Gasteiger partial charge in [-0.1, -0.05) is 25.5 Å². The highest BCUT2D eigenvalue weighted by Gasteiger charge is 2.39. The van der Waals surface area contributed by atoms with Crippen LogP contribution in [0.5, 0.6) is 0 Å². The van der Waals surface area contributed by atoms with Crippen molar-refractivity contribution in [2.45, 2.75) is 38.4 Å². The van der Waals surface area contributed by atoms with E-state index in [1.54, 1.807) is 11.8 Å². The number of unbranched alkanes of at least 4 members (excludes halogenated alkanes) is 1. The van der Waals surface area contributed by atoms with Crippen LogP contribution in [-0.2, 0) is 20.9 Å². The minimum Gasteiger partial charge on any atom is -0.378 e. The number of rotatable bonds is 7. The van der Waals surface area contributed by atoms with Gasteiger partial charge >= 0.3 is 0 Å². The normalized spacial score (nSPS) is 23.4. The molecule has 0 radical (unpaired) electrons. The van der Waals surface area contributed by atoms with E-state index in [4.69, 9.17) is 10.5 Å². The Hall–Kier alpha value is -2.29. The molecule has 3 aliphatic heterocycles. The topological polar surface area (TPSA) is 87.9 Å². The average Bonchev–Trinajstić information content (AvgIpc) is 2.82. The maximum absolute atomic E-state index is 12.9. The number of anilines is 1. The number of hydrogen-bond donors (Lipinski definition) is 2. The fourth-order valence-electron chi connectivity index (χ4n) is 4.17. The number of ether oxygens (including phenoxy) is 1. The van der Waals surface area contributed by atoms with Gasteiger partial charge in [-0.25, -0.2) is 0 Å².